The number of hydrogen-bond donors (Lipinski definition) is 0. The smallest absolute Gasteiger partial charge is 0.259 e. The SMILES string of the molecule is COc1ccc(C(=O)N2CCc3cc4cccc(C)c4nc32)cc1. The maximum absolute atomic E-state index is 12.9. The average Bonchev–Trinajstić information content (AvgIpc) is 3.03. The molecule has 0 aliphatic carbocycles. The van der Waals surface area contributed by atoms with Crippen molar-refractivity contribution >= 4 is 22.6 Å². The zero-order valence-electron chi connectivity index (χ0n) is 13.7. The molecule has 0 saturated heterocycles. The number of carbonyl (C=O) groups is 1. The number of amides is 1. The molecule has 1 aromatic heterocycles. The summed E-state index contributed by atoms with van der Waals surface area (Å²) in [6.07, 6.45) is 0.841. The Morgan fingerprint density at radius 1 is 1.17 bits per heavy atom. The van der Waals surface area contributed by atoms with Crippen LogP contribution in [0.15, 0.2) is 48.5 Å². The molecule has 4 rings (SSSR count). The van der Waals surface area contributed by atoms with Gasteiger partial charge >= 0.3 is 0 Å². The van der Waals surface area contributed by atoms with E-state index in [1.807, 2.05) is 31.2 Å². The van der Waals surface area contributed by atoms with Gasteiger partial charge in [-0.2, -0.15) is 0 Å². The van der Waals surface area contributed by atoms with Crippen molar-refractivity contribution < 1.29 is 9.53 Å². The minimum Gasteiger partial charge on any atom is -0.497 e. The van der Waals surface area contributed by atoms with Crippen molar-refractivity contribution in [3.05, 3.63) is 65.2 Å². The van der Waals surface area contributed by atoms with Crippen LogP contribution in [0.2, 0.25) is 0 Å². The van der Waals surface area contributed by atoms with Crippen LogP contribution in [0.5, 0.6) is 5.75 Å². The number of anilines is 1. The van der Waals surface area contributed by atoms with Crippen LogP contribution in [0.1, 0.15) is 21.5 Å². The summed E-state index contributed by atoms with van der Waals surface area (Å²) in [4.78, 5) is 19.5. The van der Waals surface area contributed by atoms with E-state index < -0.39 is 0 Å². The molecule has 120 valence electrons. The van der Waals surface area contributed by atoms with Gasteiger partial charge in [-0.3, -0.25) is 9.69 Å². The first kappa shape index (κ1) is 14.7. The van der Waals surface area contributed by atoms with Crippen LogP contribution in [0.25, 0.3) is 10.9 Å². The molecule has 0 radical (unpaired) electrons. The van der Waals surface area contributed by atoms with Gasteiger partial charge < -0.3 is 4.74 Å². The third-order valence-electron chi connectivity index (χ3n) is 4.55. The van der Waals surface area contributed by atoms with Gasteiger partial charge in [-0.15, -0.1) is 0 Å². The van der Waals surface area contributed by atoms with E-state index in [4.69, 9.17) is 9.72 Å². The number of benzene rings is 2. The first-order chi connectivity index (χ1) is 11.7. The fourth-order valence-electron chi connectivity index (χ4n) is 3.22. The zero-order chi connectivity index (χ0) is 16.7. The van der Waals surface area contributed by atoms with E-state index in [0.29, 0.717) is 12.1 Å². The van der Waals surface area contributed by atoms with Gasteiger partial charge in [0.05, 0.1) is 12.6 Å². The number of aryl methyl sites for hydroxylation is 1. The van der Waals surface area contributed by atoms with E-state index in [2.05, 4.69) is 12.1 Å². The van der Waals surface area contributed by atoms with Crippen molar-refractivity contribution in [1.29, 1.82) is 0 Å². The van der Waals surface area contributed by atoms with Gasteiger partial charge in [-0.25, -0.2) is 4.98 Å². The molecule has 0 N–H and O–H groups in total. The number of nitrogens with zero attached hydrogens (tertiary/aromatic N) is 2. The highest BCUT2D eigenvalue weighted by Gasteiger charge is 2.27. The molecule has 4 heteroatoms. The normalized spacial score (nSPS) is 13.2. The molecule has 1 aliphatic rings. The first-order valence-electron chi connectivity index (χ1n) is 8.02. The lowest BCUT2D eigenvalue weighted by Crippen LogP contribution is -2.29. The van der Waals surface area contributed by atoms with Gasteiger partial charge in [-0.05, 0) is 54.8 Å². The van der Waals surface area contributed by atoms with Crippen molar-refractivity contribution in [3.8, 4) is 5.75 Å². The molecular formula is C20H18N2O2. The van der Waals surface area contributed by atoms with Crippen molar-refractivity contribution in [3.63, 3.8) is 0 Å². The second kappa shape index (κ2) is 5.64. The van der Waals surface area contributed by atoms with Crippen LogP contribution in [-0.2, 0) is 6.42 Å². The predicted molar refractivity (Wildman–Crippen MR) is 94.9 cm³/mol. The summed E-state index contributed by atoms with van der Waals surface area (Å²) in [5.41, 5.74) is 3.87. The minimum absolute atomic E-state index is 0.0168. The largest absolute Gasteiger partial charge is 0.497 e. The predicted octanol–water partition coefficient (Wildman–Crippen LogP) is 3.75. The van der Waals surface area contributed by atoms with E-state index in [0.717, 1.165) is 40.0 Å². The summed E-state index contributed by atoms with van der Waals surface area (Å²) in [5.74, 6) is 1.52. The number of ether oxygens (including phenoxy) is 1. The van der Waals surface area contributed by atoms with Crippen LogP contribution in [-0.4, -0.2) is 24.5 Å². The number of rotatable bonds is 2. The van der Waals surface area contributed by atoms with E-state index in [1.54, 1.807) is 24.1 Å². The number of methoxy groups -OCH3 is 1. The molecule has 24 heavy (non-hydrogen) atoms. The number of pyridine rings is 1. The molecule has 2 aromatic carbocycles. The highest BCUT2D eigenvalue weighted by Crippen LogP contribution is 2.31. The number of para-hydroxylation sites is 1. The summed E-state index contributed by atoms with van der Waals surface area (Å²) in [7, 11) is 1.62. The Morgan fingerprint density at radius 2 is 1.96 bits per heavy atom. The molecule has 4 nitrogen and oxygen atoms in total. The lowest BCUT2D eigenvalue weighted by Gasteiger charge is -2.17. The van der Waals surface area contributed by atoms with Crippen molar-refractivity contribution in [2.45, 2.75) is 13.3 Å². The Bertz CT molecular complexity index is 932. The lowest BCUT2D eigenvalue weighted by atomic mass is 10.1. The van der Waals surface area contributed by atoms with Crippen LogP contribution in [0, 0.1) is 6.92 Å². The fraction of sp³-hybridized carbons (Fsp3) is 0.200. The molecular weight excluding hydrogens is 300 g/mol. The Labute approximate surface area is 140 Å². The summed E-state index contributed by atoms with van der Waals surface area (Å²) >= 11 is 0. The Morgan fingerprint density at radius 3 is 2.71 bits per heavy atom. The molecule has 2 heterocycles. The van der Waals surface area contributed by atoms with Gasteiger partial charge in [-0.1, -0.05) is 18.2 Å². The Kier molecular flexibility index (Phi) is 3.45. The summed E-state index contributed by atoms with van der Waals surface area (Å²) in [6.45, 7) is 2.72. The van der Waals surface area contributed by atoms with Crippen molar-refractivity contribution in [2.75, 3.05) is 18.6 Å². The molecule has 1 amide bonds. The maximum atomic E-state index is 12.9. The molecule has 0 spiro atoms. The highest BCUT2D eigenvalue weighted by molar-refractivity contribution is 6.07. The van der Waals surface area contributed by atoms with Crippen molar-refractivity contribution in [2.24, 2.45) is 0 Å². The van der Waals surface area contributed by atoms with E-state index in [9.17, 15) is 4.79 Å². The number of fused-ring (bicyclic) bond motifs is 2. The van der Waals surface area contributed by atoms with Crippen molar-refractivity contribution in [1.82, 2.24) is 4.98 Å². The molecule has 0 unspecified atom stereocenters. The number of carbonyl (C=O) groups excluding carboxylic acids is 1. The minimum atomic E-state index is -0.0168. The number of aromatic nitrogens is 1. The zero-order valence-corrected chi connectivity index (χ0v) is 13.7. The summed E-state index contributed by atoms with van der Waals surface area (Å²) < 4.78 is 5.15. The van der Waals surface area contributed by atoms with Crippen LogP contribution < -0.4 is 9.64 Å². The summed E-state index contributed by atoms with van der Waals surface area (Å²) in [6, 6.07) is 15.5. The lowest BCUT2D eigenvalue weighted by molar-refractivity contribution is 0.0988. The van der Waals surface area contributed by atoms with Gasteiger partial charge in [0.1, 0.15) is 11.6 Å². The molecule has 0 bridgehead atoms. The third-order valence-corrected chi connectivity index (χ3v) is 4.55. The molecule has 0 saturated carbocycles. The topological polar surface area (TPSA) is 42.4 Å². The second-order valence-corrected chi connectivity index (χ2v) is 6.05. The second-order valence-electron chi connectivity index (χ2n) is 6.05. The fourth-order valence-corrected chi connectivity index (χ4v) is 3.22. The molecule has 1 aliphatic heterocycles. The van der Waals surface area contributed by atoms with Gasteiger partial charge in [0.2, 0.25) is 0 Å². The van der Waals surface area contributed by atoms with Gasteiger partial charge in [0, 0.05) is 17.5 Å². The van der Waals surface area contributed by atoms with E-state index in [-0.39, 0.29) is 5.91 Å². The van der Waals surface area contributed by atoms with Crippen LogP contribution >= 0.6 is 0 Å². The highest BCUT2D eigenvalue weighted by atomic mass is 16.5. The van der Waals surface area contributed by atoms with Crippen LogP contribution in [0.3, 0.4) is 0 Å². The molecule has 0 fully saturated rings. The van der Waals surface area contributed by atoms with E-state index >= 15 is 0 Å². The quantitative estimate of drug-likeness (QED) is 0.722. The maximum Gasteiger partial charge on any atom is 0.259 e. The third kappa shape index (κ3) is 2.31. The van der Waals surface area contributed by atoms with E-state index in [1.165, 1.54) is 0 Å². The van der Waals surface area contributed by atoms with Gasteiger partial charge in [0.15, 0.2) is 0 Å². The average molecular weight is 318 g/mol. The molecule has 0 atom stereocenters. The molecule has 3 aromatic rings. The Hall–Kier alpha value is -2.88. The number of hydrogen-bond acceptors (Lipinski definition) is 3. The van der Waals surface area contributed by atoms with Crippen LogP contribution in [0.4, 0.5) is 5.82 Å². The van der Waals surface area contributed by atoms with Gasteiger partial charge in [0.25, 0.3) is 5.91 Å². The Balaban J connectivity index is 1.74. The standard InChI is InChI=1S/C20H18N2O2/c1-13-4-3-5-15-12-16-10-11-22(19(16)21-18(13)15)20(23)14-6-8-17(24-2)9-7-14/h3-9,12H,10-11H2,1-2H3. The first-order valence-corrected chi connectivity index (χ1v) is 8.02. The monoisotopic (exact) mass is 318 g/mol. The summed E-state index contributed by atoms with van der Waals surface area (Å²) in [5, 5.41) is 1.13.